The molecule has 0 aliphatic heterocycles. The molecule has 0 saturated carbocycles. The molecule has 0 saturated heterocycles. The number of benzene rings is 1. The number of hydrogen-bond donors (Lipinski definition) is 2. The quantitative estimate of drug-likeness (QED) is 0.885. The zero-order chi connectivity index (χ0) is 14.8. The minimum Gasteiger partial charge on any atom is -0.382 e. The second kappa shape index (κ2) is 5.84. The summed E-state index contributed by atoms with van der Waals surface area (Å²) in [7, 11) is -4.30. The molecule has 10 heteroatoms. The minimum atomic E-state index is -4.92. The lowest BCUT2D eigenvalue weighted by atomic mass is 10.4. The highest BCUT2D eigenvalue weighted by Gasteiger charge is 2.38. The lowest BCUT2D eigenvalue weighted by Gasteiger charge is -2.15. The molecule has 0 radical (unpaired) electrons. The van der Waals surface area contributed by atoms with E-state index in [1.54, 1.807) is 4.72 Å². The summed E-state index contributed by atoms with van der Waals surface area (Å²) in [6.45, 7) is -1.21. The van der Waals surface area contributed by atoms with Gasteiger partial charge in [0.25, 0.3) is 0 Å². The van der Waals surface area contributed by atoms with E-state index in [2.05, 4.69) is 0 Å². The summed E-state index contributed by atoms with van der Waals surface area (Å²) >= 11 is 11.2. The van der Waals surface area contributed by atoms with Gasteiger partial charge >= 0.3 is 6.18 Å². The van der Waals surface area contributed by atoms with Crippen molar-refractivity contribution in [3.63, 3.8) is 0 Å². The number of alkyl halides is 3. The maximum Gasteiger partial charge on any atom is 0.415 e. The van der Waals surface area contributed by atoms with Gasteiger partial charge in [0, 0.05) is 6.54 Å². The van der Waals surface area contributed by atoms with Gasteiger partial charge in [0.15, 0.2) is 6.10 Å². The van der Waals surface area contributed by atoms with Crippen LogP contribution in [0.1, 0.15) is 0 Å². The first kappa shape index (κ1) is 16.5. The van der Waals surface area contributed by atoms with Crippen LogP contribution in [0.25, 0.3) is 0 Å². The predicted octanol–water partition coefficient (Wildman–Crippen LogP) is 2.19. The molecule has 1 rings (SSSR count). The second-order valence-corrected chi connectivity index (χ2v) is 5.98. The van der Waals surface area contributed by atoms with Crippen LogP contribution in [-0.4, -0.2) is 32.3 Å². The van der Waals surface area contributed by atoms with E-state index >= 15 is 0 Å². The summed E-state index contributed by atoms with van der Waals surface area (Å²) in [5.74, 6) is 0. The van der Waals surface area contributed by atoms with Crippen molar-refractivity contribution in [2.45, 2.75) is 17.2 Å². The monoisotopic (exact) mass is 337 g/mol. The van der Waals surface area contributed by atoms with E-state index in [-0.39, 0.29) is 10.0 Å². The van der Waals surface area contributed by atoms with Crippen LogP contribution in [0.15, 0.2) is 23.1 Å². The zero-order valence-corrected chi connectivity index (χ0v) is 11.4. The molecule has 4 nitrogen and oxygen atoms in total. The van der Waals surface area contributed by atoms with Crippen molar-refractivity contribution in [1.82, 2.24) is 4.72 Å². The van der Waals surface area contributed by atoms with Gasteiger partial charge in [0.05, 0.1) is 10.0 Å². The predicted molar refractivity (Wildman–Crippen MR) is 63.7 cm³/mol. The fourth-order valence-corrected chi connectivity index (χ4v) is 2.87. The topological polar surface area (TPSA) is 66.4 Å². The van der Waals surface area contributed by atoms with Crippen molar-refractivity contribution in [2.24, 2.45) is 0 Å². The fraction of sp³-hybridized carbons (Fsp3) is 0.333. The molecule has 2 N–H and O–H groups in total. The molecule has 1 aromatic rings. The van der Waals surface area contributed by atoms with E-state index < -0.39 is 33.7 Å². The number of aliphatic hydroxyl groups is 1. The van der Waals surface area contributed by atoms with Crippen molar-refractivity contribution in [2.75, 3.05) is 6.54 Å². The Morgan fingerprint density at radius 3 is 2.42 bits per heavy atom. The van der Waals surface area contributed by atoms with Gasteiger partial charge < -0.3 is 5.11 Å². The van der Waals surface area contributed by atoms with Crippen molar-refractivity contribution < 1.29 is 26.7 Å². The van der Waals surface area contributed by atoms with E-state index in [9.17, 15) is 21.6 Å². The fourth-order valence-electron chi connectivity index (χ4n) is 1.07. The lowest BCUT2D eigenvalue weighted by molar-refractivity contribution is -0.200. The van der Waals surface area contributed by atoms with Crippen LogP contribution < -0.4 is 4.72 Å². The Kier molecular flexibility index (Phi) is 5.08. The van der Waals surface area contributed by atoms with Crippen LogP contribution in [0.2, 0.25) is 10.0 Å². The molecule has 0 heterocycles. The third kappa shape index (κ3) is 4.22. The maximum atomic E-state index is 12.0. The number of hydrogen-bond acceptors (Lipinski definition) is 3. The van der Waals surface area contributed by atoms with Crippen LogP contribution in [0.3, 0.4) is 0 Å². The molecule has 0 fully saturated rings. The smallest absolute Gasteiger partial charge is 0.382 e. The normalized spacial score (nSPS) is 14.4. The maximum absolute atomic E-state index is 12.0. The van der Waals surface area contributed by atoms with Crippen LogP contribution in [-0.2, 0) is 10.0 Å². The molecule has 0 amide bonds. The highest BCUT2D eigenvalue weighted by Crippen LogP contribution is 2.29. The highest BCUT2D eigenvalue weighted by atomic mass is 35.5. The van der Waals surface area contributed by atoms with Gasteiger partial charge in [-0.15, -0.1) is 0 Å². The van der Waals surface area contributed by atoms with Gasteiger partial charge in [-0.05, 0) is 12.1 Å². The number of sulfonamides is 1. The van der Waals surface area contributed by atoms with Crippen LogP contribution >= 0.6 is 23.2 Å². The number of rotatable bonds is 4. The van der Waals surface area contributed by atoms with Crippen molar-refractivity contribution in [1.29, 1.82) is 0 Å². The number of aliphatic hydroxyl groups excluding tert-OH is 1. The molecule has 1 aromatic carbocycles. The number of halogens is 5. The van der Waals surface area contributed by atoms with E-state index in [1.807, 2.05) is 0 Å². The summed E-state index contributed by atoms with van der Waals surface area (Å²) in [6.07, 6.45) is -7.72. The molecule has 0 spiro atoms. The first-order chi connectivity index (χ1) is 8.55. The highest BCUT2D eigenvalue weighted by molar-refractivity contribution is 7.89. The molecule has 1 atom stereocenters. The Morgan fingerprint density at radius 2 is 1.89 bits per heavy atom. The summed E-state index contributed by atoms with van der Waals surface area (Å²) in [5, 5.41) is 8.35. The van der Waals surface area contributed by atoms with Crippen molar-refractivity contribution in [3.05, 3.63) is 28.2 Å². The average molecular weight is 338 g/mol. The first-order valence-electron chi connectivity index (χ1n) is 4.74. The Labute approximate surface area is 117 Å². The SMILES string of the molecule is O=S(=O)(NCC(O)C(F)(F)F)c1cccc(Cl)c1Cl. The summed E-state index contributed by atoms with van der Waals surface area (Å²) < 4.78 is 61.1. The molecule has 0 aliphatic carbocycles. The lowest BCUT2D eigenvalue weighted by Crippen LogP contribution is -2.40. The van der Waals surface area contributed by atoms with Gasteiger partial charge in [-0.3, -0.25) is 0 Å². The zero-order valence-electron chi connectivity index (χ0n) is 9.08. The summed E-state index contributed by atoms with van der Waals surface area (Å²) in [4.78, 5) is -0.462. The molecule has 0 aromatic heterocycles. The van der Waals surface area contributed by atoms with E-state index in [0.717, 1.165) is 6.07 Å². The molecule has 108 valence electrons. The molecule has 0 aliphatic rings. The molecule has 1 unspecified atom stereocenters. The second-order valence-electron chi connectivity index (χ2n) is 3.46. The van der Waals surface area contributed by atoms with Crippen LogP contribution in [0.5, 0.6) is 0 Å². The van der Waals surface area contributed by atoms with E-state index in [4.69, 9.17) is 28.3 Å². The van der Waals surface area contributed by atoms with Gasteiger partial charge in [-0.25, -0.2) is 13.1 Å². The molecular formula is C9H8Cl2F3NO3S. The summed E-state index contributed by atoms with van der Waals surface area (Å²) in [5.41, 5.74) is 0. The Morgan fingerprint density at radius 1 is 1.32 bits per heavy atom. The Bertz CT molecular complexity index is 562. The standard InChI is InChI=1S/C9H8Cl2F3NO3S/c10-5-2-1-3-6(8(5)11)19(17,18)15-4-7(16)9(12,13)14/h1-3,7,15-16H,4H2. The summed E-state index contributed by atoms with van der Waals surface area (Å²) in [6, 6.07) is 3.69. The molecule has 0 bridgehead atoms. The van der Waals surface area contributed by atoms with Crippen molar-refractivity contribution >= 4 is 33.2 Å². The van der Waals surface area contributed by atoms with E-state index in [0.29, 0.717) is 0 Å². The Hall–Kier alpha value is -0.540. The van der Waals surface area contributed by atoms with Crippen LogP contribution in [0, 0.1) is 0 Å². The van der Waals surface area contributed by atoms with Gasteiger partial charge in [0.2, 0.25) is 10.0 Å². The third-order valence-corrected chi connectivity index (χ3v) is 4.45. The molecule has 19 heavy (non-hydrogen) atoms. The van der Waals surface area contributed by atoms with Gasteiger partial charge in [-0.2, -0.15) is 13.2 Å². The van der Waals surface area contributed by atoms with Crippen LogP contribution in [0.4, 0.5) is 13.2 Å². The Balaban J connectivity index is 2.91. The van der Waals surface area contributed by atoms with E-state index in [1.165, 1.54) is 12.1 Å². The third-order valence-electron chi connectivity index (χ3n) is 2.05. The van der Waals surface area contributed by atoms with Gasteiger partial charge in [0.1, 0.15) is 4.90 Å². The minimum absolute atomic E-state index is 0.0547. The van der Waals surface area contributed by atoms with Gasteiger partial charge in [-0.1, -0.05) is 29.3 Å². The molecular weight excluding hydrogens is 330 g/mol. The van der Waals surface area contributed by atoms with Crippen molar-refractivity contribution in [3.8, 4) is 0 Å². The first-order valence-corrected chi connectivity index (χ1v) is 6.98. The number of nitrogens with one attached hydrogen (secondary N) is 1. The largest absolute Gasteiger partial charge is 0.415 e. The average Bonchev–Trinajstić information content (AvgIpc) is 2.28.